The van der Waals surface area contributed by atoms with Crippen molar-refractivity contribution in [2.75, 3.05) is 10.6 Å². The maximum atomic E-state index is 13.9. The monoisotopic (exact) mass is 449 g/mol. The Bertz CT molecular complexity index is 1340. The first-order valence-electron chi connectivity index (χ1n) is 9.70. The van der Waals surface area contributed by atoms with Crippen LogP contribution in [0.1, 0.15) is 32.2 Å². The SMILES string of the molecule is Cc1nc2cc(NC(=O)c3cc(F)cnc3NCc3ccnc(C)c3/C=N\N)ccc2s1. The van der Waals surface area contributed by atoms with E-state index >= 15 is 0 Å². The number of fused-ring (bicyclic) bond motifs is 1. The zero-order chi connectivity index (χ0) is 22.7. The molecule has 3 heterocycles. The van der Waals surface area contributed by atoms with E-state index in [0.717, 1.165) is 44.3 Å². The Labute approximate surface area is 187 Å². The molecule has 0 aliphatic carbocycles. The van der Waals surface area contributed by atoms with Gasteiger partial charge in [0.1, 0.15) is 11.6 Å². The van der Waals surface area contributed by atoms with E-state index in [1.165, 1.54) is 6.21 Å². The molecule has 0 saturated carbocycles. The zero-order valence-electron chi connectivity index (χ0n) is 17.4. The van der Waals surface area contributed by atoms with Gasteiger partial charge < -0.3 is 16.5 Å². The Balaban J connectivity index is 1.58. The summed E-state index contributed by atoms with van der Waals surface area (Å²) in [5.41, 5.74) is 3.82. The molecular formula is C22H20FN7OS. The van der Waals surface area contributed by atoms with Crippen LogP contribution in [-0.4, -0.2) is 27.1 Å². The number of aromatic nitrogens is 3. The van der Waals surface area contributed by atoms with E-state index < -0.39 is 11.7 Å². The molecule has 4 aromatic rings. The first-order valence-corrected chi connectivity index (χ1v) is 10.5. The number of carbonyl (C=O) groups excluding carboxylic acids is 1. The summed E-state index contributed by atoms with van der Waals surface area (Å²) in [7, 11) is 0. The van der Waals surface area contributed by atoms with Crippen molar-refractivity contribution in [2.45, 2.75) is 20.4 Å². The van der Waals surface area contributed by atoms with Crippen molar-refractivity contribution < 1.29 is 9.18 Å². The summed E-state index contributed by atoms with van der Waals surface area (Å²) in [4.78, 5) is 25.7. The molecule has 10 heteroatoms. The van der Waals surface area contributed by atoms with E-state index in [1.54, 1.807) is 29.7 Å². The van der Waals surface area contributed by atoms with Gasteiger partial charge in [-0.1, -0.05) is 0 Å². The molecule has 0 saturated heterocycles. The van der Waals surface area contributed by atoms with Crippen molar-refractivity contribution in [3.63, 3.8) is 0 Å². The second-order valence-electron chi connectivity index (χ2n) is 7.02. The lowest BCUT2D eigenvalue weighted by molar-refractivity contribution is 0.102. The van der Waals surface area contributed by atoms with Gasteiger partial charge in [-0.05, 0) is 49.7 Å². The number of nitrogens with zero attached hydrogens (tertiary/aromatic N) is 4. The zero-order valence-corrected chi connectivity index (χ0v) is 18.2. The number of amides is 1. The summed E-state index contributed by atoms with van der Waals surface area (Å²) in [6.07, 6.45) is 4.24. The van der Waals surface area contributed by atoms with Crippen LogP contribution in [0.15, 0.2) is 47.8 Å². The lowest BCUT2D eigenvalue weighted by Crippen LogP contribution is -2.17. The molecule has 0 fully saturated rings. The minimum absolute atomic E-state index is 0.0828. The van der Waals surface area contributed by atoms with Gasteiger partial charge in [0.25, 0.3) is 5.91 Å². The van der Waals surface area contributed by atoms with Gasteiger partial charge in [-0.25, -0.2) is 14.4 Å². The van der Waals surface area contributed by atoms with Gasteiger partial charge in [-0.15, -0.1) is 11.3 Å². The molecule has 0 bridgehead atoms. The Morgan fingerprint density at radius 1 is 1.25 bits per heavy atom. The Morgan fingerprint density at radius 2 is 2.09 bits per heavy atom. The maximum Gasteiger partial charge on any atom is 0.259 e. The van der Waals surface area contributed by atoms with Crippen LogP contribution in [0.25, 0.3) is 10.2 Å². The van der Waals surface area contributed by atoms with Crippen molar-refractivity contribution in [1.82, 2.24) is 15.0 Å². The number of thiazole rings is 1. The molecule has 1 amide bonds. The predicted octanol–water partition coefficient (Wildman–Crippen LogP) is 4.00. The first kappa shape index (κ1) is 21.3. The van der Waals surface area contributed by atoms with Gasteiger partial charge in [0.2, 0.25) is 0 Å². The fourth-order valence-electron chi connectivity index (χ4n) is 3.29. The van der Waals surface area contributed by atoms with Crippen molar-refractivity contribution in [1.29, 1.82) is 0 Å². The Morgan fingerprint density at radius 3 is 2.91 bits per heavy atom. The smallest absolute Gasteiger partial charge is 0.259 e. The Hall–Kier alpha value is -3.92. The summed E-state index contributed by atoms with van der Waals surface area (Å²) in [6.45, 7) is 4.08. The molecule has 4 rings (SSSR count). The second kappa shape index (κ2) is 9.06. The van der Waals surface area contributed by atoms with Crippen LogP contribution in [0.4, 0.5) is 15.9 Å². The molecule has 0 radical (unpaired) electrons. The first-order chi connectivity index (χ1) is 15.4. The van der Waals surface area contributed by atoms with E-state index in [-0.39, 0.29) is 11.4 Å². The van der Waals surface area contributed by atoms with Crippen LogP contribution in [0.2, 0.25) is 0 Å². The Kier molecular flexibility index (Phi) is 6.04. The van der Waals surface area contributed by atoms with Crippen LogP contribution in [0.3, 0.4) is 0 Å². The number of nitrogens with two attached hydrogens (primary N) is 1. The van der Waals surface area contributed by atoms with Crippen LogP contribution >= 0.6 is 11.3 Å². The summed E-state index contributed by atoms with van der Waals surface area (Å²) >= 11 is 1.58. The molecule has 162 valence electrons. The molecule has 0 unspecified atom stereocenters. The third-order valence-electron chi connectivity index (χ3n) is 4.78. The van der Waals surface area contributed by atoms with Gasteiger partial charge in [0.05, 0.1) is 33.2 Å². The van der Waals surface area contributed by atoms with E-state index in [0.29, 0.717) is 12.2 Å². The number of nitrogens with one attached hydrogen (secondary N) is 2. The lowest BCUT2D eigenvalue weighted by atomic mass is 10.1. The fourth-order valence-corrected chi connectivity index (χ4v) is 4.09. The van der Waals surface area contributed by atoms with Crippen molar-refractivity contribution >= 4 is 45.2 Å². The number of hydrogen-bond donors (Lipinski definition) is 3. The van der Waals surface area contributed by atoms with E-state index in [9.17, 15) is 9.18 Å². The average molecular weight is 450 g/mol. The van der Waals surface area contributed by atoms with Gasteiger partial charge in [-0.3, -0.25) is 9.78 Å². The number of hydrogen-bond acceptors (Lipinski definition) is 8. The summed E-state index contributed by atoms with van der Waals surface area (Å²) in [6, 6.07) is 8.43. The van der Waals surface area contributed by atoms with Gasteiger partial charge in [-0.2, -0.15) is 5.10 Å². The molecule has 3 aromatic heterocycles. The van der Waals surface area contributed by atoms with Crippen molar-refractivity contribution in [3.8, 4) is 0 Å². The van der Waals surface area contributed by atoms with Crippen molar-refractivity contribution in [3.05, 3.63) is 75.9 Å². The maximum absolute atomic E-state index is 13.9. The third kappa shape index (κ3) is 4.54. The van der Waals surface area contributed by atoms with Crippen LogP contribution in [0, 0.1) is 19.7 Å². The minimum Gasteiger partial charge on any atom is -0.365 e. The van der Waals surface area contributed by atoms with Gasteiger partial charge >= 0.3 is 0 Å². The van der Waals surface area contributed by atoms with Crippen LogP contribution in [-0.2, 0) is 6.54 Å². The molecule has 0 spiro atoms. The van der Waals surface area contributed by atoms with E-state index in [4.69, 9.17) is 5.84 Å². The van der Waals surface area contributed by atoms with E-state index in [1.807, 2.05) is 26.0 Å². The highest BCUT2D eigenvalue weighted by molar-refractivity contribution is 7.18. The minimum atomic E-state index is -0.609. The number of pyridine rings is 2. The second-order valence-corrected chi connectivity index (χ2v) is 8.25. The summed E-state index contributed by atoms with van der Waals surface area (Å²) in [5.74, 6) is 4.46. The number of halogens is 1. The van der Waals surface area contributed by atoms with Crippen LogP contribution in [0.5, 0.6) is 0 Å². The quantitative estimate of drug-likeness (QED) is 0.233. The lowest BCUT2D eigenvalue weighted by Gasteiger charge is -2.13. The van der Waals surface area contributed by atoms with Gasteiger partial charge in [0, 0.05) is 29.7 Å². The number of rotatable bonds is 6. The molecule has 0 aliphatic heterocycles. The molecule has 4 N–H and O–H groups in total. The number of carbonyl (C=O) groups is 1. The third-order valence-corrected chi connectivity index (χ3v) is 5.73. The fraction of sp³-hybridized carbons (Fsp3) is 0.136. The summed E-state index contributed by atoms with van der Waals surface area (Å²) in [5, 5.41) is 10.4. The predicted molar refractivity (Wildman–Crippen MR) is 125 cm³/mol. The molecule has 0 atom stereocenters. The normalized spacial score (nSPS) is 11.2. The molecule has 8 nitrogen and oxygen atoms in total. The highest BCUT2D eigenvalue weighted by Crippen LogP contribution is 2.25. The standard InChI is InChI=1S/C22H20FN7OS/c1-12-18(11-28-24)14(5-6-25-12)9-26-21-17(7-15(23)10-27-21)22(31)30-16-3-4-20-19(8-16)29-13(2)32-20/h3-8,10-11H,9,24H2,1-2H3,(H,26,27)(H,30,31)/b28-11-. The topological polar surface area (TPSA) is 118 Å². The molecule has 1 aromatic carbocycles. The van der Waals surface area contributed by atoms with E-state index in [2.05, 4.69) is 30.7 Å². The number of hydrazone groups is 1. The van der Waals surface area contributed by atoms with Crippen molar-refractivity contribution in [2.24, 2.45) is 10.9 Å². The number of benzene rings is 1. The van der Waals surface area contributed by atoms with Gasteiger partial charge in [0.15, 0.2) is 0 Å². The molecule has 0 aliphatic rings. The highest BCUT2D eigenvalue weighted by atomic mass is 32.1. The average Bonchev–Trinajstić information content (AvgIpc) is 3.14. The van der Waals surface area contributed by atoms with Crippen LogP contribution < -0.4 is 16.5 Å². The number of aryl methyl sites for hydroxylation is 2. The highest BCUT2D eigenvalue weighted by Gasteiger charge is 2.16. The molecule has 32 heavy (non-hydrogen) atoms. The number of anilines is 2. The summed E-state index contributed by atoms with van der Waals surface area (Å²) < 4.78 is 14.9. The largest absolute Gasteiger partial charge is 0.365 e. The molecular weight excluding hydrogens is 429 g/mol.